The Morgan fingerprint density at radius 1 is 1.44 bits per heavy atom. The van der Waals surface area contributed by atoms with Crippen LogP contribution in [0.4, 0.5) is 0 Å². The fourth-order valence-electron chi connectivity index (χ4n) is 2.14. The lowest BCUT2D eigenvalue weighted by Gasteiger charge is -2.29. The summed E-state index contributed by atoms with van der Waals surface area (Å²) in [5.41, 5.74) is 1.25. The van der Waals surface area contributed by atoms with Crippen LogP contribution in [0.3, 0.4) is 0 Å². The molecule has 0 bridgehead atoms. The van der Waals surface area contributed by atoms with Gasteiger partial charge in [-0.1, -0.05) is 12.1 Å². The van der Waals surface area contributed by atoms with Crippen LogP contribution in [0.25, 0.3) is 0 Å². The third-order valence-corrected chi connectivity index (χ3v) is 3.12. The van der Waals surface area contributed by atoms with Gasteiger partial charge in [-0.3, -0.25) is 10.1 Å². The Kier molecular flexibility index (Phi) is 3.55. The third kappa shape index (κ3) is 2.47. The average molecular weight is 248 g/mol. The Morgan fingerprint density at radius 3 is 2.67 bits per heavy atom. The van der Waals surface area contributed by atoms with E-state index in [1.54, 1.807) is 24.3 Å². The highest BCUT2D eigenvalue weighted by Gasteiger charge is 2.39. The van der Waals surface area contributed by atoms with Gasteiger partial charge in [-0.25, -0.2) is 0 Å². The second-order valence-electron chi connectivity index (χ2n) is 4.22. The summed E-state index contributed by atoms with van der Waals surface area (Å²) in [6.45, 7) is -0.0984. The van der Waals surface area contributed by atoms with E-state index in [-0.39, 0.29) is 18.0 Å². The molecule has 0 spiro atoms. The molecule has 18 heavy (non-hydrogen) atoms. The lowest BCUT2D eigenvalue weighted by molar-refractivity contribution is -0.538. The Balaban J connectivity index is 2.26. The minimum Gasteiger partial charge on any atom is -0.368 e. The van der Waals surface area contributed by atoms with Gasteiger partial charge in [0.2, 0.25) is 6.04 Å². The van der Waals surface area contributed by atoms with E-state index in [0.29, 0.717) is 5.56 Å². The number of nitro groups is 1. The molecule has 6 heteroatoms. The molecule has 1 aliphatic rings. The van der Waals surface area contributed by atoms with E-state index < -0.39 is 18.2 Å². The summed E-state index contributed by atoms with van der Waals surface area (Å²) in [6, 6.07) is 7.75. The Labute approximate surface area is 104 Å². The van der Waals surface area contributed by atoms with Gasteiger partial charge in [0.1, 0.15) is 6.61 Å². The fraction of sp³-hybridized carbons (Fsp3) is 0.417. The first-order valence-corrected chi connectivity index (χ1v) is 5.55. The maximum atomic E-state index is 11.0. The maximum Gasteiger partial charge on any atom is 0.243 e. The van der Waals surface area contributed by atoms with Crippen LogP contribution in [0.2, 0.25) is 0 Å². The van der Waals surface area contributed by atoms with Gasteiger partial charge in [0.15, 0.2) is 6.29 Å². The van der Waals surface area contributed by atoms with Gasteiger partial charge in [0.05, 0.1) is 17.6 Å². The average Bonchev–Trinajstić information content (AvgIpc) is 2.38. The molecule has 0 amide bonds. The summed E-state index contributed by atoms with van der Waals surface area (Å²) < 4.78 is 4.91. The second-order valence-corrected chi connectivity index (χ2v) is 4.22. The predicted molar refractivity (Wildman–Crippen MR) is 61.3 cm³/mol. The molecular formula is C12H12N2O4. The topological polar surface area (TPSA) is 96.4 Å². The molecule has 1 saturated heterocycles. The number of nitriles is 1. The molecule has 1 aliphatic heterocycles. The highest BCUT2D eigenvalue weighted by molar-refractivity contribution is 5.33. The van der Waals surface area contributed by atoms with Crippen molar-refractivity contribution in [2.24, 2.45) is 0 Å². The number of aliphatic hydroxyl groups excluding tert-OH is 1. The van der Waals surface area contributed by atoms with Crippen molar-refractivity contribution in [2.75, 3.05) is 6.61 Å². The highest BCUT2D eigenvalue weighted by Crippen LogP contribution is 2.31. The summed E-state index contributed by atoms with van der Waals surface area (Å²) >= 11 is 0. The molecule has 0 radical (unpaired) electrons. The zero-order valence-electron chi connectivity index (χ0n) is 9.52. The lowest BCUT2D eigenvalue weighted by atomic mass is 9.87. The summed E-state index contributed by atoms with van der Waals surface area (Å²) in [6.07, 6.45) is -0.779. The Morgan fingerprint density at radius 2 is 2.11 bits per heavy atom. The molecule has 94 valence electrons. The highest BCUT2D eigenvalue weighted by atomic mass is 16.6. The minimum atomic E-state index is -0.971. The number of aliphatic hydroxyl groups is 1. The predicted octanol–water partition coefficient (Wildman–Crippen LogP) is 1.03. The molecule has 1 heterocycles. The van der Waals surface area contributed by atoms with Crippen LogP contribution in [-0.4, -0.2) is 29.0 Å². The summed E-state index contributed by atoms with van der Waals surface area (Å²) in [7, 11) is 0. The molecule has 1 aromatic rings. The van der Waals surface area contributed by atoms with E-state index in [0.717, 1.165) is 5.56 Å². The Bertz CT molecular complexity index is 480. The van der Waals surface area contributed by atoms with Crippen molar-refractivity contribution in [1.29, 1.82) is 5.26 Å². The standard InChI is InChI=1S/C12H12N2O4/c13-6-8-1-3-9(4-2-8)10-5-12(15)18-7-11(10)14(16)17/h1-4,10-12,15H,5,7H2/t10-,11+,12+/m0/s1. The van der Waals surface area contributed by atoms with Gasteiger partial charge in [-0.15, -0.1) is 0 Å². The molecule has 0 saturated carbocycles. The van der Waals surface area contributed by atoms with Gasteiger partial charge in [0, 0.05) is 11.3 Å². The zero-order chi connectivity index (χ0) is 13.1. The van der Waals surface area contributed by atoms with E-state index in [4.69, 9.17) is 10.00 Å². The molecule has 1 aromatic carbocycles. The molecule has 0 unspecified atom stereocenters. The van der Waals surface area contributed by atoms with Crippen molar-refractivity contribution in [2.45, 2.75) is 24.7 Å². The number of rotatable bonds is 2. The van der Waals surface area contributed by atoms with Gasteiger partial charge >= 0.3 is 0 Å². The van der Waals surface area contributed by atoms with Crippen molar-refractivity contribution >= 4 is 0 Å². The van der Waals surface area contributed by atoms with E-state index in [1.165, 1.54) is 0 Å². The second kappa shape index (κ2) is 5.12. The Hall–Kier alpha value is -1.97. The monoisotopic (exact) mass is 248 g/mol. The quantitative estimate of drug-likeness (QED) is 0.622. The molecule has 1 N–H and O–H groups in total. The van der Waals surface area contributed by atoms with Crippen molar-refractivity contribution in [3.63, 3.8) is 0 Å². The molecule has 0 aliphatic carbocycles. The largest absolute Gasteiger partial charge is 0.368 e. The smallest absolute Gasteiger partial charge is 0.243 e. The van der Waals surface area contributed by atoms with Crippen LogP contribution >= 0.6 is 0 Å². The van der Waals surface area contributed by atoms with E-state index in [1.807, 2.05) is 6.07 Å². The first kappa shape index (κ1) is 12.5. The molecule has 2 rings (SSSR count). The van der Waals surface area contributed by atoms with Gasteiger partial charge < -0.3 is 9.84 Å². The van der Waals surface area contributed by atoms with Crippen LogP contribution in [0.5, 0.6) is 0 Å². The molecular weight excluding hydrogens is 236 g/mol. The normalized spacial score (nSPS) is 27.4. The summed E-state index contributed by atoms with van der Waals surface area (Å²) in [5.74, 6) is -0.392. The van der Waals surface area contributed by atoms with Crippen LogP contribution in [-0.2, 0) is 4.74 Å². The molecule has 3 atom stereocenters. The zero-order valence-corrected chi connectivity index (χ0v) is 9.52. The van der Waals surface area contributed by atoms with Crippen LogP contribution < -0.4 is 0 Å². The van der Waals surface area contributed by atoms with Crippen LogP contribution in [0, 0.1) is 21.4 Å². The third-order valence-electron chi connectivity index (χ3n) is 3.12. The molecule has 6 nitrogen and oxygen atoms in total. The van der Waals surface area contributed by atoms with Crippen LogP contribution in [0.1, 0.15) is 23.5 Å². The summed E-state index contributed by atoms with van der Waals surface area (Å²) in [4.78, 5) is 10.6. The van der Waals surface area contributed by atoms with E-state index >= 15 is 0 Å². The lowest BCUT2D eigenvalue weighted by Crippen LogP contribution is -2.40. The number of ether oxygens (including phenoxy) is 1. The first-order valence-electron chi connectivity index (χ1n) is 5.55. The van der Waals surface area contributed by atoms with Crippen molar-refractivity contribution in [3.8, 4) is 6.07 Å². The van der Waals surface area contributed by atoms with E-state index in [9.17, 15) is 15.2 Å². The first-order chi connectivity index (χ1) is 8.61. The fourth-order valence-corrected chi connectivity index (χ4v) is 2.14. The SMILES string of the molecule is N#Cc1ccc([C@@H]2C[C@H](O)OC[C@H]2[N+](=O)[O-])cc1. The van der Waals surface area contributed by atoms with Gasteiger partial charge in [-0.2, -0.15) is 5.26 Å². The number of benzene rings is 1. The van der Waals surface area contributed by atoms with Crippen molar-refractivity contribution in [1.82, 2.24) is 0 Å². The van der Waals surface area contributed by atoms with E-state index in [2.05, 4.69) is 0 Å². The van der Waals surface area contributed by atoms with Gasteiger partial charge in [0.25, 0.3) is 0 Å². The van der Waals surface area contributed by atoms with Gasteiger partial charge in [-0.05, 0) is 17.7 Å². The maximum absolute atomic E-state index is 11.0. The van der Waals surface area contributed by atoms with Crippen molar-refractivity contribution < 1.29 is 14.8 Å². The van der Waals surface area contributed by atoms with Crippen molar-refractivity contribution in [3.05, 3.63) is 45.5 Å². The number of hydrogen-bond acceptors (Lipinski definition) is 5. The number of nitrogens with zero attached hydrogens (tertiary/aromatic N) is 2. The molecule has 1 fully saturated rings. The minimum absolute atomic E-state index is 0.0984. The molecule has 0 aromatic heterocycles. The number of hydrogen-bond donors (Lipinski definition) is 1. The van der Waals surface area contributed by atoms with Crippen LogP contribution in [0.15, 0.2) is 24.3 Å². The summed E-state index contributed by atoms with van der Waals surface area (Å²) in [5, 5.41) is 29.1.